The van der Waals surface area contributed by atoms with Crippen molar-refractivity contribution in [1.29, 1.82) is 0 Å². The molecule has 136 valence electrons. The highest BCUT2D eigenvalue weighted by Crippen LogP contribution is 2.35. The smallest absolute Gasteiger partial charge is 0.225 e. The minimum absolute atomic E-state index is 0.0459. The maximum Gasteiger partial charge on any atom is 0.225 e. The molecule has 6 nitrogen and oxygen atoms in total. The Morgan fingerprint density at radius 1 is 1.32 bits per heavy atom. The number of aryl methyl sites for hydroxylation is 1. The molecular weight excluding hydrogens is 316 g/mol. The van der Waals surface area contributed by atoms with Crippen LogP contribution in [0.15, 0.2) is 24.0 Å². The van der Waals surface area contributed by atoms with Gasteiger partial charge in [-0.25, -0.2) is 0 Å². The van der Waals surface area contributed by atoms with E-state index in [-0.39, 0.29) is 23.8 Å². The average Bonchev–Trinajstić information content (AvgIpc) is 3.04. The standard InChI is InChI=1S/C19H28N4O2/c1-22-13-15(12-21-22)18-16(8-9-17(24)23(18)2)19(25)20-11-10-14-6-4-3-5-7-14/h6,12-13,16,18H,3-5,7-11H2,1-2H3,(H,20,25)/t16-,18+/m0/s1. The van der Waals surface area contributed by atoms with E-state index in [0.29, 0.717) is 19.4 Å². The first-order chi connectivity index (χ1) is 12.1. The summed E-state index contributed by atoms with van der Waals surface area (Å²) in [5.74, 6) is -0.0814. The Bertz CT molecular complexity index is 664. The van der Waals surface area contributed by atoms with Gasteiger partial charge in [-0.1, -0.05) is 11.6 Å². The number of nitrogens with zero attached hydrogens (tertiary/aromatic N) is 3. The van der Waals surface area contributed by atoms with E-state index >= 15 is 0 Å². The third-order valence-corrected chi connectivity index (χ3v) is 5.39. The summed E-state index contributed by atoms with van der Waals surface area (Å²) in [5, 5.41) is 7.30. The lowest BCUT2D eigenvalue weighted by Gasteiger charge is -2.37. The van der Waals surface area contributed by atoms with Crippen LogP contribution in [0.3, 0.4) is 0 Å². The second-order valence-corrected chi connectivity index (χ2v) is 7.19. The first kappa shape index (κ1) is 17.7. The molecular formula is C19H28N4O2. The van der Waals surface area contributed by atoms with Gasteiger partial charge in [0.15, 0.2) is 0 Å². The van der Waals surface area contributed by atoms with Crippen molar-refractivity contribution in [3.05, 3.63) is 29.6 Å². The number of nitrogens with one attached hydrogen (secondary N) is 1. The van der Waals surface area contributed by atoms with E-state index in [1.807, 2.05) is 13.2 Å². The quantitative estimate of drug-likeness (QED) is 0.834. The van der Waals surface area contributed by atoms with Gasteiger partial charge in [0.25, 0.3) is 0 Å². The Balaban J connectivity index is 1.64. The minimum Gasteiger partial charge on any atom is -0.355 e. The largest absolute Gasteiger partial charge is 0.355 e. The monoisotopic (exact) mass is 344 g/mol. The second kappa shape index (κ2) is 7.85. The first-order valence-electron chi connectivity index (χ1n) is 9.26. The molecule has 1 fully saturated rings. The van der Waals surface area contributed by atoms with Crippen molar-refractivity contribution >= 4 is 11.8 Å². The van der Waals surface area contributed by atoms with E-state index < -0.39 is 0 Å². The SMILES string of the molecule is CN1C(=O)CC[C@H](C(=O)NCCC2=CCCCC2)[C@H]1c1cnn(C)c1. The summed E-state index contributed by atoms with van der Waals surface area (Å²) >= 11 is 0. The van der Waals surface area contributed by atoms with Gasteiger partial charge < -0.3 is 10.2 Å². The lowest BCUT2D eigenvalue weighted by molar-refractivity contribution is -0.141. The Labute approximate surface area is 149 Å². The van der Waals surface area contributed by atoms with Crippen molar-refractivity contribution in [1.82, 2.24) is 20.0 Å². The number of carbonyl (C=O) groups is 2. The van der Waals surface area contributed by atoms with Crippen molar-refractivity contribution in [2.45, 2.75) is 51.0 Å². The van der Waals surface area contributed by atoms with Gasteiger partial charge in [0.05, 0.1) is 18.2 Å². The van der Waals surface area contributed by atoms with Crippen LogP contribution in [0.1, 0.15) is 56.6 Å². The molecule has 25 heavy (non-hydrogen) atoms. The molecule has 2 atom stereocenters. The van der Waals surface area contributed by atoms with Crippen LogP contribution in [0.2, 0.25) is 0 Å². The number of piperidine rings is 1. The summed E-state index contributed by atoms with van der Waals surface area (Å²) in [6.07, 6.45) is 12.8. The average molecular weight is 344 g/mol. The molecule has 2 amide bonds. The van der Waals surface area contributed by atoms with E-state index in [1.54, 1.807) is 22.8 Å². The van der Waals surface area contributed by atoms with Crippen LogP contribution < -0.4 is 5.32 Å². The summed E-state index contributed by atoms with van der Waals surface area (Å²) in [5.41, 5.74) is 2.39. The second-order valence-electron chi connectivity index (χ2n) is 7.19. The highest BCUT2D eigenvalue weighted by molar-refractivity contribution is 5.84. The van der Waals surface area contributed by atoms with Crippen LogP contribution in [-0.4, -0.2) is 40.1 Å². The minimum atomic E-state index is -0.233. The van der Waals surface area contributed by atoms with Gasteiger partial charge in [-0.3, -0.25) is 14.3 Å². The van der Waals surface area contributed by atoms with Crippen LogP contribution in [-0.2, 0) is 16.6 Å². The van der Waals surface area contributed by atoms with Crippen molar-refractivity contribution in [3.8, 4) is 0 Å². The molecule has 0 bridgehead atoms. The number of aromatic nitrogens is 2. The van der Waals surface area contributed by atoms with Crippen LogP contribution in [0.25, 0.3) is 0 Å². The molecule has 0 spiro atoms. The third-order valence-electron chi connectivity index (χ3n) is 5.39. The van der Waals surface area contributed by atoms with Crippen molar-refractivity contribution in [3.63, 3.8) is 0 Å². The van der Waals surface area contributed by atoms with E-state index in [9.17, 15) is 9.59 Å². The van der Waals surface area contributed by atoms with Crippen LogP contribution >= 0.6 is 0 Å². The summed E-state index contributed by atoms with van der Waals surface area (Å²) in [6.45, 7) is 0.679. The molecule has 2 heterocycles. The molecule has 2 aliphatic rings. The molecule has 1 saturated heterocycles. The number of amides is 2. The van der Waals surface area contributed by atoms with Crippen LogP contribution in [0.5, 0.6) is 0 Å². The van der Waals surface area contributed by atoms with Gasteiger partial charge in [0.1, 0.15) is 0 Å². The fourth-order valence-corrected chi connectivity index (χ4v) is 3.97. The van der Waals surface area contributed by atoms with Gasteiger partial charge in [-0.2, -0.15) is 5.10 Å². The number of allylic oxidation sites excluding steroid dienone is 1. The molecule has 1 N–H and O–H groups in total. The van der Waals surface area contributed by atoms with Gasteiger partial charge >= 0.3 is 0 Å². The molecule has 0 radical (unpaired) electrons. The van der Waals surface area contributed by atoms with Crippen molar-refractivity contribution in [2.24, 2.45) is 13.0 Å². The number of hydrogen-bond donors (Lipinski definition) is 1. The zero-order chi connectivity index (χ0) is 17.8. The Hall–Kier alpha value is -2.11. The molecule has 1 aromatic heterocycles. The van der Waals surface area contributed by atoms with E-state index in [1.165, 1.54) is 24.8 Å². The summed E-state index contributed by atoms with van der Waals surface area (Å²) in [4.78, 5) is 26.6. The Kier molecular flexibility index (Phi) is 5.56. The third kappa shape index (κ3) is 4.11. The van der Waals surface area contributed by atoms with Crippen molar-refractivity contribution < 1.29 is 9.59 Å². The van der Waals surface area contributed by atoms with Gasteiger partial charge in [0.2, 0.25) is 11.8 Å². The highest BCUT2D eigenvalue weighted by atomic mass is 16.2. The van der Waals surface area contributed by atoms with E-state index in [4.69, 9.17) is 0 Å². The molecule has 0 saturated carbocycles. The summed E-state index contributed by atoms with van der Waals surface area (Å²) < 4.78 is 1.72. The number of hydrogen-bond acceptors (Lipinski definition) is 3. The molecule has 1 aliphatic heterocycles. The van der Waals surface area contributed by atoms with E-state index in [0.717, 1.165) is 18.4 Å². The summed E-state index contributed by atoms with van der Waals surface area (Å²) in [7, 11) is 3.63. The Morgan fingerprint density at radius 3 is 2.84 bits per heavy atom. The van der Waals surface area contributed by atoms with Gasteiger partial charge in [-0.05, 0) is 38.5 Å². The molecule has 1 aliphatic carbocycles. The predicted octanol–water partition coefficient (Wildman–Crippen LogP) is 2.34. The predicted molar refractivity (Wildman–Crippen MR) is 95.6 cm³/mol. The molecule has 6 heteroatoms. The van der Waals surface area contributed by atoms with Gasteiger partial charge in [0, 0.05) is 38.8 Å². The number of carbonyl (C=O) groups excluding carboxylic acids is 2. The maximum atomic E-state index is 12.8. The topological polar surface area (TPSA) is 67.2 Å². The van der Waals surface area contributed by atoms with Crippen molar-refractivity contribution in [2.75, 3.05) is 13.6 Å². The summed E-state index contributed by atoms with van der Waals surface area (Å²) in [6, 6.07) is -0.233. The molecule has 0 unspecified atom stereocenters. The van der Waals surface area contributed by atoms with Gasteiger partial charge in [-0.15, -0.1) is 0 Å². The van der Waals surface area contributed by atoms with E-state index in [2.05, 4.69) is 16.5 Å². The Morgan fingerprint density at radius 2 is 2.16 bits per heavy atom. The van der Waals surface area contributed by atoms with Crippen LogP contribution in [0.4, 0.5) is 0 Å². The highest BCUT2D eigenvalue weighted by Gasteiger charge is 2.39. The molecule has 1 aromatic rings. The zero-order valence-electron chi connectivity index (χ0n) is 15.2. The fraction of sp³-hybridized carbons (Fsp3) is 0.632. The lowest BCUT2D eigenvalue weighted by atomic mass is 9.85. The van der Waals surface area contributed by atoms with Crippen LogP contribution in [0, 0.1) is 5.92 Å². The fourth-order valence-electron chi connectivity index (χ4n) is 3.97. The first-order valence-corrected chi connectivity index (χ1v) is 9.26. The maximum absolute atomic E-state index is 12.8. The molecule has 3 rings (SSSR count). The molecule has 0 aromatic carbocycles. The number of rotatable bonds is 5. The number of likely N-dealkylation sites (tertiary alicyclic amines) is 1. The lowest BCUT2D eigenvalue weighted by Crippen LogP contribution is -2.46. The normalized spacial score (nSPS) is 24.2. The zero-order valence-corrected chi connectivity index (χ0v) is 15.2.